The molecule has 0 fully saturated rings. The number of halogens is 1. The van der Waals surface area contributed by atoms with Crippen LogP contribution in [0.1, 0.15) is 10.5 Å². The molecule has 1 aromatic carbocycles. The molecule has 0 radical (unpaired) electrons. The van der Waals surface area contributed by atoms with Crippen molar-refractivity contribution in [1.82, 2.24) is 15.0 Å². The maximum Gasteiger partial charge on any atom is 0.298 e. The Morgan fingerprint density at radius 2 is 2.11 bits per heavy atom. The van der Waals surface area contributed by atoms with Crippen LogP contribution in [0.25, 0.3) is 5.69 Å². The lowest BCUT2D eigenvalue weighted by atomic mass is 10.3. The fourth-order valence-corrected chi connectivity index (χ4v) is 2.55. The molecule has 0 atom stereocenters. The van der Waals surface area contributed by atoms with Gasteiger partial charge in [0.05, 0.1) is 11.2 Å². The fraction of sp³-hybridized carbons (Fsp3) is 0. The van der Waals surface area contributed by atoms with Crippen molar-refractivity contribution in [1.29, 1.82) is 0 Å². The van der Waals surface area contributed by atoms with Crippen molar-refractivity contribution in [2.24, 2.45) is 0 Å². The fourth-order valence-electron chi connectivity index (χ4n) is 1.36. The summed E-state index contributed by atoms with van der Waals surface area (Å²) in [6.45, 7) is 0. The van der Waals surface area contributed by atoms with E-state index < -0.39 is 15.0 Å². The summed E-state index contributed by atoms with van der Waals surface area (Å²) in [5.41, 5.74) is -0.0191. The average Bonchev–Trinajstić information content (AvgIpc) is 2.75. The number of hydrogen-bond donors (Lipinski definition) is 1. The van der Waals surface area contributed by atoms with Crippen molar-refractivity contribution in [3.63, 3.8) is 0 Å². The zero-order valence-electron chi connectivity index (χ0n) is 8.69. The van der Waals surface area contributed by atoms with Crippen LogP contribution in [0, 0.1) is 0 Å². The molecule has 2 aromatic rings. The third kappa shape index (κ3) is 2.26. The Morgan fingerprint density at radius 1 is 1.39 bits per heavy atom. The average molecular weight is 288 g/mol. The lowest BCUT2D eigenvalue weighted by Gasteiger charge is -2.07. The molecule has 1 aromatic heterocycles. The Balaban J connectivity index is 2.72. The first-order valence-corrected chi connectivity index (χ1v) is 6.39. The van der Waals surface area contributed by atoms with E-state index in [1.54, 1.807) is 0 Å². The van der Waals surface area contributed by atoms with E-state index in [0.717, 1.165) is 11.0 Å². The van der Waals surface area contributed by atoms with Gasteiger partial charge in [-0.25, -0.2) is 0 Å². The summed E-state index contributed by atoms with van der Waals surface area (Å²) in [6.07, 6.45) is 1.61. The van der Waals surface area contributed by atoms with Gasteiger partial charge in [0.1, 0.15) is 16.3 Å². The molecule has 7 nitrogen and oxygen atoms in total. The van der Waals surface area contributed by atoms with E-state index in [4.69, 9.17) is 16.2 Å². The lowest BCUT2D eigenvalue weighted by Crippen LogP contribution is -2.09. The SMILES string of the molecule is O=Cc1cnn(-c2cccc(Cl)c2S(=O)(=O)O)n1. The Morgan fingerprint density at radius 3 is 2.67 bits per heavy atom. The highest BCUT2D eigenvalue weighted by atomic mass is 35.5. The summed E-state index contributed by atoms with van der Waals surface area (Å²) in [5, 5.41) is 7.26. The van der Waals surface area contributed by atoms with Gasteiger partial charge in [0, 0.05) is 0 Å². The van der Waals surface area contributed by atoms with Gasteiger partial charge in [-0.1, -0.05) is 17.7 Å². The number of aldehydes is 1. The van der Waals surface area contributed by atoms with Crippen molar-refractivity contribution in [2.75, 3.05) is 0 Å². The highest BCUT2D eigenvalue weighted by Crippen LogP contribution is 2.26. The van der Waals surface area contributed by atoms with E-state index in [0.29, 0.717) is 6.29 Å². The number of aromatic nitrogens is 3. The maximum atomic E-state index is 11.3. The maximum absolute atomic E-state index is 11.3. The number of carbonyl (C=O) groups is 1. The minimum absolute atomic E-state index is 0.0243. The third-order valence-corrected chi connectivity index (χ3v) is 3.42. The van der Waals surface area contributed by atoms with Gasteiger partial charge in [-0.15, -0.1) is 9.90 Å². The van der Waals surface area contributed by atoms with Crippen LogP contribution in [0.2, 0.25) is 5.02 Å². The number of carbonyl (C=O) groups excluding carboxylic acids is 1. The van der Waals surface area contributed by atoms with Gasteiger partial charge in [0.15, 0.2) is 6.29 Å². The van der Waals surface area contributed by atoms with Crippen LogP contribution in [0.15, 0.2) is 29.3 Å². The lowest BCUT2D eigenvalue weighted by molar-refractivity contribution is 0.111. The van der Waals surface area contributed by atoms with Gasteiger partial charge >= 0.3 is 0 Å². The second-order valence-corrected chi connectivity index (χ2v) is 5.01. The molecule has 0 aliphatic rings. The second-order valence-electron chi connectivity index (χ2n) is 3.24. The molecule has 1 heterocycles. The van der Waals surface area contributed by atoms with E-state index in [2.05, 4.69) is 10.2 Å². The first kappa shape index (κ1) is 12.7. The zero-order chi connectivity index (χ0) is 13.3. The molecule has 0 amide bonds. The van der Waals surface area contributed by atoms with E-state index in [-0.39, 0.29) is 16.4 Å². The molecule has 1 N–H and O–H groups in total. The van der Waals surface area contributed by atoms with Crippen LogP contribution >= 0.6 is 11.6 Å². The van der Waals surface area contributed by atoms with Crippen molar-refractivity contribution < 1.29 is 17.8 Å². The summed E-state index contributed by atoms with van der Waals surface area (Å²) in [6, 6.07) is 4.12. The Hall–Kier alpha value is -1.77. The summed E-state index contributed by atoms with van der Waals surface area (Å²) < 4.78 is 31.6. The molecule has 0 aliphatic carbocycles. The molecule has 2 rings (SSSR count). The van der Waals surface area contributed by atoms with E-state index in [1.807, 2.05) is 0 Å². The van der Waals surface area contributed by atoms with Crippen LogP contribution < -0.4 is 0 Å². The van der Waals surface area contributed by atoms with Crippen molar-refractivity contribution in [3.05, 3.63) is 35.1 Å². The Bertz CT molecular complexity index is 710. The first-order chi connectivity index (χ1) is 8.43. The summed E-state index contributed by atoms with van der Waals surface area (Å²) in [5.74, 6) is 0. The molecule has 0 saturated heterocycles. The molecule has 0 unspecified atom stereocenters. The molecule has 94 valence electrons. The molecule has 0 saturated carbocycles. The van der Waals surface area contributed by atoms with E-state index in [9.17, 15) is 13.2 Å². The normalized spacial score (nSPS) is 11.4. The van der Waals surface area contributed by atoms with Crippen molar-refractivity contribution in [2.45, 2.75) is 4.90 Å². The van der Waals surface area contributed by atoms with Crippen LogP contribution in [0.3, 0.4) is 0 Å². The Labute approximate surface area is 107 Å². The molecule has 9 heteroatoms. The van der Waals surface area contributed by atoms with Gasteiger partial charge in [0.2, 0.25) is 0 Å². The van der Waals surface area contributed by atoms with E-state index >= 15 is 0 Å². The van der Waals surface area contributed by atoms with Crippen LogP contribution in [-0.4, -0.2) is 34.3 Å². The Kier molecular flexibility index (Phi) is 3.16. The highest BCUT2D eigenvalue weighted by molar-refractivity contribution is 7.86. The van der Waals surface area contributed by atoms with E-state index in [1.165, 1.54) is 18.2 Å². The topological polar surface area (TPSA) is 102 Å². The minimum Gasteiger partial charge on any atom is -0.296 e. The molecular formula is C9H6ClN3O4S. The number of hydrogen-bond acceptors (Lipinski definition) is 5. The van der Waals surface area contributed by atoms with Gasteiger partial charge < -0.3 is 0 Å². The van der Waals surface area contributed by atoms with Gasteiger partial charge in [-0.2, -0.15) is 13.5 Å². The molecule has 0 spiro atoms. The van der Waals surface area contributed by atoms with Gasteiger partial charge in [0.25, 0.3) is 10.1 Å². The smallest absolute Gasteiger partial charge is 0.296 e. The molecule has 0 aliphatic heterocycles. The molecule has 18 heavy (non-hydrogen) atoms. The summed E-state index contributed by atoms with van der Waals surface area (Å²) in [7, 11) is -4.53. The van der Waals surface area contributed by atoms with Crippen LogP contribution in [-0.2, 0) is 10.1 Å². The second kappa shape index (κ2) is 4.48. The standard InChI is InChI=1S/C9H6ClN3O4S/c10-7-2-1-3-8(9(7)18(15,16)17)13-11-4-6(5-14)12-13/h1-5H,(H,15,16,17). The van der Waals surface area contributed by atoms with Gasteiger partial charge in [-0.3, -0.25) is 9.35 Å². The first-order valence-electron chi connectivity index (χ1n) is 4.57. The monoisotopic (exact) mass is 287 g/mol. The summed E-state index contributed by atoms with van der Waals surface area (Å²) >= 11 is 5.73. The number of rotatable bonds is 3. The third-order valence-electron chi connectivity index (χ3n) is 2.05. The van der Waals surface area contributed by atoms with Gasteiger partial charge in [-0.05, 0) is 12.1 Å². The molecular weight excluding hydrogens is 282 g/mol. The van der Waals surface area contributed by atoms with Crippen LogP contribution in [0.4, 0.5) is 0 Å². The predicted molar refractivity (Wildman–Crippen MR) is 61.6 cm³/mol. The summed E-state index contributed by atoms with van der Waals surface area (Å²) in [4.78, 5) is 10.9. The quantitative estimate of drug-likeness (QED) is 0.667. The minimum atomic E-state index is -4.53. The predicted octanol–water partition coefficient (Wildman–Crippen LogP) is 0.980. The van der Waals surface area contributed by atoms with Crippen molar-refractivity contribution in [3.8, 4) is 5.69 Å². The van der Waals surface area contributed by atoms with Crippen LogP contribution in [0.5, 0.6) is 0 Å². The number of benzene rings is 1. The highest BCUT2D eigenvalue weighted by Gasteiger charge is 2.21. The largest absolute Gasteiger partial charge is 0.298 e. The molecule has 0 bridgehead atoms. The van der Waals surface area contributed by atoms with Crippen molar-refractivity contribution >= 4 is 28.0 Å². The zero-order valence-corrected chi connectivity index (χ0v) is 10.3. The number of nitrogens with zero attached hydrogens (tertiary/aromatic N) is 3.